The van der Waals surface area contributed by atoms with E-state index >= 15 is 0 Å². The highest BCUT2D eigenvalue weighted by molar-refractivity contribution is 5.76. The summed E-state index contributed by atoms with van der Waals surface area (Å²) in [7, 11) is 1.66. The molecule has 0 fully saturated rings. The molecule has 3 rings (SSSR count). The summed E-state index contributed by atoms with van der Waals surface area (Å²) >= 11 is 0. The van der Waals surface area contributed by atoms with Gasteiger partial charge in [-0.05, 0) is 91.4 Å². The second kappa shape index (κ2) is 8.95. The normalized spacial score (nSPS) is 10.6. The van der Waals surface area contributed by atoms with E-state index in [1.54, 1.807) is 19.2 Å². The fourth-order valence-corrected chi connectivity index (χ4v) is 3.29. The molecule has 0 heterocycles. The molecular weight excluding hydrogens is 363 g/mol. The molecule has 0 saturated heterocycles. The van der Waals surface area contributed by atoms with Gasteiger partial charge in [-0.25, -0.2) is 4.39 Å². The Bertz CT molecular complexity index is 1030. The molecule has 0 saturated carbocycles. The summed E-state index contributed by atoms with van der Waals surface area (Å²) in [5.74, 6) is 0.763. The average molecular weight is 390 g/mol. The van der Waals surface area contributed by atoms with Crippen molar-refractivity contribution in [3.8, 4) is 33.8 Å². The molecule has 150 valence electrons. The summed E-state index contributed by atoms with van der Waals surface area (Å²) in [5, 5.41) is 0. The van der Waals surface area contributed by atoms with Crippen LogP contribution in [0.1, 0.15) is 25.0 Å². The Hall–Kier alpha value is -3.07. The van der Waals surface area contributed by atoms with Gasteiger partial charge in [0.15, 0.2) is 11.6 Å². The van der Waals surface area contributed by atoms with Gasteiger partial charge in [0.05, 0.1) is 7.11 Å². The smallest absolute Gasteiger partial charge is 0.165 e. The number of hydrogen-bond acceptors (Lipinski definition) is 2. The molecule has 2 nitrogen and oxygen atoms in total. The molecule has 0 atom stereocenters. The van der Waals surface area contributed by atoms with Crippen LogP contribution in [0.4, 0.5) is 4.39 Å². The quantitative estimate of drug-likeness (QED) is 0.417. The van der Waals surface area contributed by atoms with Gasteiger partial charge >= 0.3 is 0 Å². The number of methoxy groups -OCH3 is 1. The molecule has 0 bridgehead atoms. The van der Waals surface area contributed by atoms with Crippen molar-refractivity contribution in [1.29, 1.82) is 0 Å². The number of aryl methyl sites for hydroxylation is 2. The summed E-state index contributed by atoms with van der Waals surface area (Å²) in [6.07, 6.45) is 1.93. The lowest BCUT2D eigenvalue weighted by Crippen LogP contribution is -1.97. The lowest BCUT2D eigenvalue weighted by atomic mass is 9.92. The van der Waals surface area contributed by atoms with Crippen LogP contribution >= 0.6 is 0 Å². The number of allylic oxidation sites excluding steroid dienone is 1. The van der Waals surface area contributed by atoms with E-state index in [4.69, 9.17) is 9.47 Å². The number of benzene rings is 3. The number of ether oxygens (including phenoxy) is 2. The van der Waals surface area contributed by atoms with E-state index in [0.29, 0.717) is 6.61 Å². The first-order valence-electron chi connectivity index (χ1n) is 9.71. The van der Waals surface area contributed by atoms with Crippen LogP contribution in [0.3, 0.4) is 0 Å². The van der Waals surface area contributed by atoms with Gasteiger partial charge in [-0.1, -0.05) is 35.9 Å². The van der Waals surface area contributed by atoms with Crippen LogP contribution in [-0.4, -0.2) is 13.7 Å². The molecule has 0 unspecified atom stereocenters. The number of hydrogen-bond donors (Lipinski definition) is 0. The van der Waals surface area contributed by atoms with Gasteiger partial charge in [0.2, 0.25) is 0 Å². The molecule has 0 aromatic heterocycles. The molecule has 3 aromatic carbocycles. The van der Waals surface area contributed by atoms with Gasteiger partial charge < -0.3 is 9.47 Å². The van der Waals surface area contributed by atoms with Crippen LogP contribution in [0.5, 0.6) is 11.5 Å². The van der Waals surface area contributed by atoms with Crippen LogP contribution in [0, 0.1) is 19.7 Å². The maximum atomic E-state index is 14.6. The molecule has 3 heteroatoms. The van der Waals surface area contributed by atoms with Gasteiger partial charge in [0.1, 0.15) is 12.4 Å². The molecule has 0 N–H and O–H groups in total. The first-order chi connectivity index (χ1) is 13.9. The largest absolute Gasteiger partial charge is 0.497 e. The molecule has 0 radical (unpaired) electrons. The molecule has 0 aliphatic heterocycles. The van der Waals surface area contributed by atoms with Crippen molar-refractivity contribution >= 4 is 0 Å². The average Bonchev–Trinajstić information content (AvgIpc) is 2.70. The van der Waals surface area contributed by atoms with E-state index in [0.717, 1.165) is 44.7 Å². The van der Waals surface area contributed by atoms with Crippen molar-refractivity contribution in [3.05, 3.63) is 83.2 Å². The van der Waals surface area contributed by atoms with Gasteiger partial charge in [0, 0.05) is 0 Å². The van der Waals surface area contributed by atoms with Crippen LogP contribution in [0.2, 0.25) is 0 Å². The fourth-order valence-electron chi connectivity index (χ4n) is 3.29. The standard InChI is InChI=1S/C26H27FO2/c1-17(2)12-13-29-26-11-8-21(16-25(26)27)24-15-18(3)23(14-19(24)4)20-6-9-22(28-5)10-7-20/h6-12,14-16H,13H2,1-5H3. The molecule has 29 heavy (non-hydrogen) atoms. The zero-order valence-corrected chi connectivity index (χ0v) is 17.7. The Morgan fingerprint density at radius 1 is 0.862 bits per heavy atom. The van der Waals surface area contributed by atoms with Crippen molar-refractivity contribution in [2.45, 2.75) is 27.7 Å². The Kier molecular flexibility index (Phi) is 6.38. The predicted octanol–water partition coefficient (Wildman–Crippen LogP) is 7.13. The van der Waals surface area contributed by atoms with Gasteiger partial charge in [-0.15, -0.1) is 0 Å². The molecule has 0 amide bonds. The highest BCUT2D eigenvalue weighted by atomic mass is 19.1. The van der Waals surface area contributed by atoms with Crippen molar-refractivity contribution in [1.82, 2.24) is 0 Å². The zero-order valence-electron chi connectivity index (χ0n) is 17.7. The van der Waals surface area contributed by atoms with Crippen LogP contribution in [0.25, 0.3) is 22.3 Å². The third-order valence-corrected chi connectivity index (χ3v) is 4.95. The molecule has 0 aliphatic rings. The third kappa shape index (κ3) is 4.86. The summed E-state index contributed by atoms with van der Waals surface area (Å²) in [4.78, 5) is 0. The summed E-state index contributed by atoms with van der Waals surface area (Å²) < 4.78 is 25.3. The Balaban J connectivity index is 1.90. The van der Waals surface area contributed by atoms with E-state index in [-0.39, 0.29) is 11.6 Å². The van der Waals surface area contributed by atoms with Crippen LogP contribution < -0.4 is 9.47 Å². The predicted molar refractivity (Wildman–Crippen MR) is 118 cm³/mol. The molecule has 0 spiro atoms. The summed E-state index contributed by atoms with van der Waals surface area (Å²) in [6.45, 7) is 8.48. The maximum absolute atomic E-state index is 14.6. The first kappa shape index (κ1) is 20.7. The molecular formula is C26H27FO2. The van der Waals surface area contributed by atoms with Crippen molar-refractivity contribution in [2.75, 3.05) is 13.7 Å². The minimum atomic E-state index is -0.346. The topological polar surface area (TPSA) is 18.5 Å². The number of halogens is 1. The lowest BCUT2D eigenvalue weighted by molar-refractivity contribution is 0.341. The highest BCUT2D eigenvalue weighted by Gasteiger charge is 2.11. The van der Waals surface area contributed by atoms with Gasteiger partial charge in [0.25, 0.3) is 0 Å². The second-order valence-electron chi connectivity index (χ2n) is 7.45. The third-order valence-electron chi connectivity index (χ3n) is 4.95. The van der Waals surface area contributed by atoms with E-state index in [2.05, 4.69) is 38.1 Å². The Morgan fingerprint density at radius 3 is 2.00 bits per heavy atom. The highest BCUT2D eigenvalue weighted by Crippen LogP contribution is 2.34. The van der Waals surface area contributed by atoms with Crippen LogP contribution in [0.15, 0.2) is 66.2 Å². The monoisotopic (exact) mass is 390 g/mol. The SMILES string of the molecule is COc1ccc(-c2cc(C)c(-c3ccc(OCC=C(C)C)c(F)c3)cc2C)cc1. The minimum absolute atomic E-state index is 0.274. The van der Waals surface area contributed by atoms with E-state index < -0.39 is 0 Å². The summed E-state index contributed by atoms with van der Waals surface area (Å²) in [6, 6.07) is 17.5. The molecule has 3 aromatic rings. The van der Waals surface area contributed by atoms with Crippen molar-refractivity contribution in [2.24, 2.45) is 0 Å². The van der Waals surface area contributed by atoms with Gasteiger partial charge in [-0.2, -0.15) is 0 Å². The summed E-state index contributed by atoms with van der Waals surface area (Å²) in [5.41, 5.74) is 7.54. The van der Waals surface area contributed by atoms with Crippen molar-refractivity contribution < 1.29 is 13.9 Å². The van der Waals surface area contributed by atoms with E-state index in [1.165, 1.54) is 0 Å². The second-order valence-corrected chi connectivity index (χ2v) is 7.45. The van der Waals surface area contributed by atoms with Crippen LogP contribution in [-0.2, 0) is 0 Å². The Morgan fingerprint density at radius 2 is 1.45 bits per heavy atom. The first-order valence-corrected chi connectivity index (χ1v) is 9.71. The minimum Gasteiger partial charge on any atom is -0.497 e. The maximum Gasteiger partial charge on any atom is 0.165 e. The van der Waals surface area contributed by atoms with Gasteiger partial charge in [-0.3, -0.25) is 0 Å². The molecule has 0 aliphatic carbocycles. The van der Waals surface area contributed by atoms with E-state index in [9.17, 15) is 4.39 Å². The Labute approximate surface area is 172 Å². The lowest BCUT2D eigenvalue weighted by Gasteiger charge is -2.14. The zero-order chi connectivity index (χ0) is 21.0. The van der Waals surface area contributed by atoms with E-state index in [1.807, 2.05) is 38.1 Å². The number of rotatable bonds is 6. The fraction of sp³-hybridized carbons (Fsp3) is 0.231. The van der Waals surface area contributed by atoms with Crippen molar-refractivity contribution in [3.63, 3.8) is 0 Å².